The SMILES string of the molecule is CNC/C(C)=C/c1ncc(Cl)n1C. The van der Waals surface area contributed by atoms with E-state index in [9.17, 15) is 0 Å². The van der Waals surface area contributed by atoms with Crippen molar-refractivity contribution in [2.45, 2.75) is 6.92 Å². The average molecular weight is 200 g/mol. The summed E-state index contributed by atoms with van der Waals surface area (Å²) in [7, 11) is 3.82. The van der Waals surface area contributed by atoms with Gasteiger partial charge < -0.3 is 9.88 Å². The monoisotopic (exact) mass is 199 g/mol. The molecule has 0 radical (unpaired) electrons. The van der Waals surface area contributed by atoms with Crippen molar-refractivity contribution in [3.63, 3.8) is 0 Å². The van der Waals surface area contributed by atoms with Gasteiger partial charge in [0.05, 0.1) is 6.20 Å². The van der Waals surface area contributed by atoms with Crippen LogP contribution in [0.4, 0.5) is 0 Å². The molecule has 13 heavy (non-hydrogen) atoms. The molecule has 0 unspecified atom stereocenters. The Morgan fingerprint density at radius 2 is 2.46 bits per heavy atom. The average Bonchev–Trinajstić information content (AvgIpc) is 2.37. The van der Waals surface area contributed by atoms with Gasteiger partial charge in [-0.1, -0.05) is 17.2 Å². The number of likely N-dealkylation sites (N-methyl/N-ethyl adjacent to an activating group) is 1. The predicted molar refractivity (Wildman–Crippen MR) is 55.8 cm³/mol. The number of aromatic nitrogens is 2. The van der Waals surface area contributed by atoms with Gasteiger partial charge in [0.25, 0.3) is 0 Å². The van der Waals surface area contributed by atoms with Gasteiger partial charge in [0.15, 0.2) is 0 Å². The highest BCUT2D eigenvalue weighted by atomic mass is 35.5. The van der Waals surface area contributed by atoms with E-state index in [1.807, 2.05) is 24.7 Å². The lowest BCUT2D eigenvalue weighted by molar-refractivity contribution is 0.871. The molecule has 1 heterocycles. The van der Waals surface area contributed by atoms with Crippen LogP contribution in [0.5, 0.6) is 0 Å². The molecule has 0 aliphatic heterocycles. The second-order valence-electron chi connectivity index (χ2n) is 3.02. The summed E-state index contributed by atoms with van der Waals surface area (Å²) in [5.41, 5.74) is 1.23. The minimum absolute atomic E-state index is 0.656. The van der Waals surface area contributed by atoms with Crippen LogP contribution in [-0.4, -0.2) is 23.1 Å². The molecule has 0 saturated heterocycles. The Morgan fingerprint density at radius 1 is 1.77 bits per heavy atom. The summed E-state index contributed by atoms with van der Waals surface area (Å²) < 4.78 is 1.85. The van der Waals surface area contributed by atoms with Crippen LogP contribution in [0.2, 0.25) is 5.15 Å². The lowest BCUT2D eigenvalue weighted by atomic mass is 10.3. The van der Waals surface area contributed by atoms with Gasteiger partial charge in [-0.05, 0) is 20.0 Å². The highest BCUT2D eigenvalue weighted by molar-refractivity contribution is 6.29. The third-order valence-electron chi connectivity index (χ3n) is 1.80. The number of hydrogen-bond acceptors (Lipinski definition) is 2. The summed E-state index contributed by atoms with van der Waals surface area (Å²) in [6.07, 6.45) is 3.67. The Balaban J connectivity index is 2.84. The van der Waals surface area contributed by atoms with Gasteiger partial charge in [0.1, 0.15) is 11.0 Å². The molecule has 1 N–H and O–H groups in total. The lowest BCUT2D eigenvalue weighted by Crippen LogP contribution is -2.08. The molecule has 3 nitrogen and oxygen atoms in total. The quantitative estimate of drug-likeness (QED) is 0.803. The molecule has 0 bridgehead atoms. The molecule has 0 atom stereocenters. The summed E-state index contributed by atoms with van der Waals surface area (Å²) in [5.74, 6) is 0.887. The zero-order chi connectivity index (χ0) is 9.84. The number of rotatable bonds is 3. The molecular weight excluding hydrogens is 186 g/mol. The molecule has 0 spiro atoms. The summed E-state index contributed by atoms with van der Waals surface area (Å²) in [6.45, 7) is 2.92. The number of hydrogen-bond donors (Lipinski definition) is 1. The summed E-state index contributed by atoms with van der Waals surface area (Å²) >= 11 is 5.85. The van der Waals surface area contributed by atoms with Crippen molar-refractivity contribution in [3.05, 3.63) is 22.7 Å². The van der Waals surface area contributed by atoms with Crippen molar-refractivity contribution >= 4 is 17.7 Å². The topological polar surface area (TPSA) is 29.9 Å². The van der Waals surface area contributed by atoms with E-state index in [0.29, 0.717) is 5.15 Å². The first-order valence-electron chi connectivity index (χ1n) is 4.14. The summed E-state index contributed by atoms with van der Waals surface area (Å²) in [6, 6.07) is 0. The Kier molecular flexibility index (Phi) is 3.51. The summed E-state index contributed by atoms with van der Waals surface area (Å²) in [4.78, 5) is 4.16. The van der Waals surface area contributed by atoms with Crippen molar-refractivity contribution in [1.29, 1.82) is 0 Å². The van der Waals surface area contributed by atoms with E-state index >= 15 is 0 Å². The van der Waals surface area contributed by atoms with Crippen LogP contribution in [0.3, 0.4) is 0 Å². The highest BCUT2D eigenvalue weighted by Gasteiger charge is 2.00. The molecule has 72 valence electrons. The fourth-order valence-electron chi connectivity index (χ4n) is 1.09. The second-order valence-corrected chi connectivity index (χ2v) is 3.41. The molecule has 1 aromatic heterocycles. The number of imidazole rings is 1. The zero-order valence-corrected chi connectivity index (χ0v) is 8.89. The van der Waals surface area contributed by atoms with Gasteiger partial charge in [0, 0.05) is 13.6 Å². The van der Waals surface area contributed by atoms with Gasteiger partial charge in [0.2, 0.25) is 0 Å². The van der Waals surface area contributed by atoms with Gasteiger partial charge in [-0.15, -0.1) is 0 Å². The first-order chi connectivity index (χ1) is 6.15. The van der Waals surface area contributed by atoms with Crippen LogP contribution in [0.1, 0.15) is 12.7 Å². The third-order valence-corrected chi connectivity index (χ3v) is 2.15. The van der Waals surface area contributed by atoms with Crippen LogP contribution in [-0.2, 0) is 7.05 Å². The van der Waals surface area contributed by atoms with Crippen molar-refractivity contribution in [1.82, 2.24) is 14.9 Å². The normalized spacial score (nSPS) is 12.2. The molecule has 0 aromatic carbocycles. The smallest absolute Gasteiger partial charge is 0.133 e. The first-order valence-corrected chi connectivity index (χ1v) is 4.52. The number of nitrogens with one attached hydrogen (secondary N) is 1. The van der Waals surface area contributed by atoms with Crippen molar-refractivity contribution in [2.75, 3.05) is 13.6 Å². The third kappa shape index (κ3) is 2.57. The minimum atomic E-state index is 0.656. The van der Waals surface area contributed by atoms with Gasteiger partial charge in [-0.3, -0.25) is 0 Å². The maximum Gasteiger partial charge on any atom is 0.133 e. The minimum Gasteiger partial charge on any atom is -0.319 e. The van der Waals surface area contributed by atoms with E-state index in [-0.39, 0.29) is 0 Å². The van der Waals surface area contributed by atoms with Gasteiger partial charge in [-0.2, -0.15) is 0 Å². The van der Waals surface area contributed by atoms with E-state index in [1.165, 1.54) is 5.57 Å². The van der Waals surface area contributed by atoms with Gasteiger partial charge >= 0.3 is 0 Å². The van der Waals surface area contributed by atoms with E-state index in [0.717, 1.165) is 12.4 Å². The highest BCUT2D eigenvalue weighted by Crippen LogP contribution is 2.11. The van der Waals surface area contributed by atoms with E-state index < -0.39 is 0 Å². The fraction of sp³-hybridized carbons (Fsp3) is 0.444. The Bertz CT molecular complexity index is 315. The van der Waals surface area contributed by atoms with Crippen LogP contribution in [0.15, 0.2) is 11.8 Å². The van der Waals surface area contributed by atoms with Crippen molar-refractivity contribution in [3.8, 4) is 0 Å². The first kappa shape index (κ1) is 10.3. The second kappa shape index (κ2) is 4.44. The maximum absolute atomic E-state index is 5.85. The van der Waals surface area contributed by atoms with Crippen LogP contribution in [0, 0.1) is 0 Å². The Morgan fingerprint density at radius 3 is 2.92 bits per heavy atom. The lowest BCUT2D eigenvalue weighted by Gasteiger charge is -2.00. The molecule has 0 saturated carbocycles. The summed E-state index contributed by atoms with van der Waals surface area (Å²) in [5, 5.41) is 3.73. The Hall–Kier alpha value is -0.800. The Labute approximate surface area is 83.4 Å². The molecule has 0 aliphatic rings. The number of halogens is 1. The molecular formula is C9H14ClN3. The van der Waals surface area contributed by atoms with Crippen molar-refractivity contribution < 1.29 is 0 Å². The maximum atomic E-state index is 5.85. The van der Waals surface area contributed by atoms with Crippen LogP contribution < -0.4 is 5.32 Å². The van der Waals surface area contributed by atoms with E-state index in [4.69, 9.17) is 11.6 Å². The van der Waals surface area contributed by atoms with Gasteiger partial charge in [-0.25, -0.2) is 4.98 Å². The predicted octanol–water partition coefficient (Wildman–Crippen LogP) is 1.70. The van der Waals surface area contributed by atoms with E-state index in [2.05, 4.69) is 17.2 Å². The van der Waals surface area contributed by atoms with Crippen LogP contribution >= 0.6 is 11.6 Å². The fourth-order valence-corrected chi connectivity index (χ4v) is 1.22. The molecule has 4 heteroatoms. The molecule has 0 fully saturated rings. The molecule has 1 aromatic rings. The van der Waals surface area contributed by atoms with Crippen LogP contribution in [0.25, 0.3) is 6.08 Å². The zero-order valence-electron chi connectivity index (χ0n) is 8.13. The largest absolute Gasteiger partial charge is 0.319 e. The number of nitrogens with zero attached hydrogens (tertiary/aromatic N) is 2. The standard InChI is InChI=1S/C9H14ClN3/c1-7(5-11-2)4-9-12-6-8(10)13(9)3/h4,6,11H,5H2,1-3H3/b7-4+. The van der Waals surface area contributed by atoms with E-state index in [1.54, 1.807) is 6.20 Å². The van der Waals surface area contributed by atoms with Crippen molar-refractivity contribution in [2.24, 2.45) is 7.05 Å². The molecule has 0 aliphatic carbocycles. The molecule has 0 amide bonds. The molecule has 1 rings (SSSR count).